The van der Waals surface area contributed by atoms with Gasteiger partial charge in [-0.25, -0.2) is 4.98 Å². The Morgan fingerprint density at radius 1 is 1.31 bits per heavy atom. The van der Waals surface area contributed by atoms with E-state index in [4.69, 9.17) is 10.5 Å². The highest BCUT2D eigenvalue weighted by atomic mass is 16.5. The predicted molar refractivity (Wildman–Crippen MR) is 52.7 cm³/mol. The van der Waals surface area contributed by atoms with Crippen molar-refractivity contribution in [3.63, 3.8) is 0 Å². The molecule has 66 valence electrons. The number of para-hydroxylation sites is 1. The average Bonchev–Trinajstić information content (AvgIpc) is 2.16. The van der Waals surface area contributed by atoms with Crippen LogP contribution >= 0.6 is 0 Å². The maximum Gasteiger partial charge on any atom is 0.131 e. The van der Waals surface area contributed by atoms with Crippen LogP contribution in [0.1, 0.15) is 0 Å². The van der Waals surface area contributed by atoms with Gasteiger partial charge in [0.15, 0.2) is 0 Å². The van der Waals surface area contributed by atoms with Crippen molar-refractivity contribution in [3.05, 3.63) is 30.3 Å². The molecular formula is C10H10N2O. The van der Waals surface area contributed by atoms with Gasteiger partial charge in [-0.1, -0.05) is 12.1 Å². The van der Waals surface area contributed by atoms with Crippen molar-refractivity contribution in [2.24, 2.45) is 0 Å². The highest BCUT2D eigenvalue weighted by molar-refractivity contribution is 5.86. The molecule has 0 unspecified atom stereocenters. The molecule has 1 aromatic heterocycles. The van der Waals surface area contributed by atoms with Gasteiger partial charge in [-0.3, -0.25) is 0 Å². The third-order valence-electron chi connectivity index (χ3n) is 1.92. The second-order valence-corrected chi connectivity index (χ2v) is 2.77. The summed E-state index contributed by atoms with van der Waals surface area (Å²) in [6.07, 6.45) is 0. The van der Waals surface area contributed by atoms with Gasteiger partial charge in [0, 0.05) is 11.5 Å². The fourth-order valence-electron chi connectivity index (χ4n) is 1.33. The molecule has 2 rings (SSSR count). The molecule has 3 heteroatoms. The minimum absolute atomic E-state index is 0.482. The van der Waals surface area contributed by atoms with Gasteiger partial charge in [-0.05, 0) is 12.1 Å². The lowest BCUT2D eigenvalue weighted by Gasteiger charge is -2.05. The molecule has 1 aromatic carbocycles. The van der Waals surface area contributed by atoms with Crippen molar-refractivity contribution in [1.29, 1.82) is 0 Å². The molecule has 0 fully saturated rings. The van der Waals surface area contributed by atoms with Crippen molar-refractivity contribution in [2.45, 2.75) is 0 Å². The second kappa shape index (κ2) is 2.94. The van der Waals surface area contributed by atoms with E-state index < -0.39 is 0 Å². The van der Waals surface area contributed by atoms with Gasteiger partial charge in [0.25, 0.3) is 0 Å². The van der Waals surface area contributed by atoms with Crippen LogP contribution in [-0.2, 0) is 0 Å². The van der Waals surface area contributed by atoms with Crippen LogP contribution in [0.2, 0.25) is 0 Å². The van der Waals surface area contributed by atoms with Crippen LogP contribution in [0.15, 0.2) is 30.3 Å². The Labute approximate surface area is 76.2 Å². The van der Waals surface area contributed by atoms with Gasteiger partial charge in [0.05, 0.1) is 12.6 Å². The molecule has 0 aliphatic heterocycles. The van der Waals surface area contributed by atoms with Crippen molar-refractivity contribution in [2.75, 3.05) is 12.8 Å². The number of nitrogens with two attached hydrogens (primary N) is 1. The molecule has 2 N–H and O–H groups in total. The van der Waals surface area contributed by atoms with Gasteiger partial charge in [0.2, 0.25) is 0 Å². The standard InChI is InChI=1S/C10H10N2O/c1-13-9-6-10(11)12-8-5-3-2-4-7(8)9/h2-6H,1H3,(H2,11,12). The summed E-state index contributed by atoms with van der Waals surface area (Å²) < 4.78 is 5.19. The molecule has 0 aliphatic rings. The van der Waals surface area contributed by atoms with E-state index in [2.05, 4.69) is 4.98 Å². The van der Waals surface area contributed by atoms with Crippen LogP contribution < -0.4 is 10.5 Å². The Bertz CT molecular complexity index is 440. The molecule has 1 heterocycles. The number of anilines is 1. The predicted octanol–water partition coefficient (Wildman–Crippen LogP) is 1.83. The number of nitrogen functional groups attached to an aromatic ring is 1. The first kappa shape index (κ1) is 7.86. The topological polar surface area (TPSA) is 48.1 Å². The van der Waals surface area contributed by atoms with Crippen LogP contribution in [-0.4, -0.2) is 12.1 Å². The fourth-order valence-corrected chi connectivity index (χ4v) is 1.33. The van der Waals surface area contributed by atoms with E-state index in [1.165, 1.54) is 0 Å². The molecule has 13 heavy (non-hydrogen) atoms. The Balaban J connectivity index is 2.81. The molecule has 0 spiro atoms. The first-order chi connectivity index (χ1) is 6.31. The summed E-state index contributed by atoms with van der Waals surface area (Å²) in [5, 5.41) is 0.985. The largest absolute Gasteiger partial charge is 0.496 e. The summed E-state index contributed by atoms with van der Waals surface area (Å²) in [6, 6.07) is 9.47. The molecule has 2 aromatic rings. The molecular weight excluding hydrogens is 164 g/mol. The average molecular weight is 174 g/mol. The van der Waals surface area contributed by atoms with Crippen molar-refractivity contribution >= 4 is 16.7 Å². The van der Waals surface area contributed by atoms with E-state index in [0.29, 0.717) is 5.82 Å². The molecule has 0 saturated carbocycles. The third kappa shape index (κ3) is 1.28. The van der Waals surface area contributed by atoms with Gasteiger partial charge in [0.1, 0.15) is 11.6 Å². The number of benzene rings is 1. The van der Waals surface area contributed by atoms with Gasteiger partial charge in [-0.15, -0.1) is 0 Å². The SMILES string of the molecule is COc1cc(N)nc2ccccc12. The fraction of sp³-hybridized carbons (Fsp3) is 0.100. The first-order valence-corrected chi connectivity index (χ1v) is 4.00. The number of nitrogens with zero attached hydrogens (tertiary/aromatic N) is 1. The lowest BCUT2D eigenvalue weighted by molar-refractivity contribution is 0.420. The van der Waals surface area contributed by atoms with Gasteiger partial charge >= 0.3 is 0 Å². The highest BCUT2D eigenvalue weighted by Crippen LogP contribution is 2.25. The van der Waals surface area contributed by atoms with Gasteiger partial charge in [-0.2, -0.15) is 0 Å². The number of fused-ring (bicyclic) bond motifs is 1. The maximum absolute atomic E-state index is 5.61. The van der Waals surface area contributed by atoms with E-state index in [1.54, 1.807) is 13.2 Å². The smallest absolute Gasteiger partial charge is 0.131 e. The zero-order valence-corrected chi connectivity index (χ0v) is 7.32. The van der Waals surface area contributed by atoms with E-state index in [-0.39, 0.29) is 0 Å². The molecule has 0 aliphatic carbocycles. The number of hydrogen-bond acceptors (Lipinski definition) is 3. The summed E-state index contributed by atoms with van der Waals surface area (Å²) >= 11 is 0. The minimum Gasteiger partial charge on any atom is -0.496 e. The van der Waals surface area contributed by atoms with E-state index in [0.717, 1.165) is 16.7 Å². The minimum atomic E-state index is 0.482. The van der Waals surface area contributed by atoms with Crippen molar-refractivity contribution in [3.8, 4) is 5.75 Å². The Morgan fingerprint density at radius 2 is 2.08 bits per heavy atom. The number of ether oxygens (including phenoxy) is 1. The molecule has 0 atom stereocenters. The zero-order chi connectivity index (χ0) is 9.26. The molecule has 0 bridgehead atoms. The molecule has 0 radical (unpaired) electrons. The number of methoxy groups -OCH3 is 1. The summed E-state index contributed by atoms with van der Waals surface area (Å²) in [4.78, 5) is 4.18. The Morgan fingerprint density at radius 3 is 2.85 bits per heavy atom. The maximum atomic E-state index is 5.61. The van der Waals surface area contributed by atoms with E-state index >= 15 is 0 Å². The zero-order valence-electron chi connectivity index (χ0n) is 7.32. The summed E-state index contributed by atoms with van der Waals surface area (Å²) in [5.74, 6) is 1.25. The number of pyridine rings is 1. The summed E-state index contributed by atoms with van der Waals surface area (Å²) in [6.45, 7) is 0. The third-order valence-corrected chi connectivity index (χ3v) is 1.92. The summed E-state index contributed by atoms with van der Waals surface area (Å²) in [5.41, 5.74) is 6.47. The number of hydrogen-bond donors (Lipinski definition) is 1. The molecule has 0 amide bonds. The normalized spacial score (nSPS) is 10.2. The van der Waals surface area contributed by atoms with Crippen LogP contribution in [0, 0.1) is 0 Å². The van der Waals surface area contributed by atoms with Gasteiger partial charge < -0.3 is 10.5 Å². The Kier molecular flexibility index (Phi) is 1.77. The van der Waals surface area contributed by atoms with E-state index in [1.807, 2.05) is 24.3 Å². The number of aromatic nitrogens is 1. The highest BCUT2D eigenvalue weighted by Gasteiger charge is 2.02. The van der Waals surface area contributed by atoms with Crippen LogP contribution in [0.3, 0.4) is 0 Å². The lowest BCUT2D eigenvalue weighted by Crippen LogP contribution is -1.93. The van der Waals surface area contributed by atoms with Crippen molar-refractivity contribution < 1.29 is 4.74 Å². The quantitative estimate of drug-likeness (QED) is 0.717. The first-order valence-electron chi connectivity index (χ1n) is 4.00. The van der Waals surface area contributed by atoms with Crippen LogP contribution in [0.25, 0.3) is 10.9 Å². The van der Waals surface area contributed by atoms with E-state index in [9.17, 15) is 0 Å². The van der Waals surface area contributed by atoms with Crippen LogP contribution in [0.4, 0.5) is 5.82 Å². The monoisotopic (exact) mass is 174 g/mol. The van der Waals surface area contributed by atoms with Crippen LogP contribution in [0.5, 0.6) is 5.75 Å². The molecule has 3 nitrogen and oxygen atoms in total. The molecule has 0 saturated heterocycles. The lowest BCUT2D eigenvalue weighted by atomic mass is 10.2. The van der Waals surface area contributed by atoms with Crippen molar-refractivity contribution in [1.82, 2.24) is 4.98 Å². The summed E-state index contributed by atoms with van der Waals surface area (Å²) in [7, 11) is 1.63. The second-order valence-electron chi connectivity index (χ2n) is 2.77. The Hall–Kier alpha value is -1.77. The number of rotatable bonds is 1.